The van der Waals surface area contributed by atoms with Gasteiger partial charge in [0.05, 0.1) is 0 Å². The van der Waals surface area contributed by atoms with Crippen LogP contribution in [0.1, 0.15) is 45.6 Å². The molecule has 1 aliphatic rings. The van der Waals surface area contributed by atoms with E-state index in [0.717, 1.165) is 17.4 Å². The standard InChI is InChI=1S/C20H24O/c1-16-8-7-14-20(2,3)19(16)12-11-18(13-15-21)17-9-5-4-6-10-17/h4-6,9-13,15H,7-8,14H2,1-3H3. The molecule has 0 saturated carbocycles. The van der Waals surface area contributed by atoms with Crippen LogP contribution in [0.2, 0.25) is 0 Å². The molecule has 0 unspecified atom stereocenters. The molecule has 1 aliphatic carbocycles. The van der Waals surface area contributed by atoms with Gasteiger partial charge in [0.25, 0.3) is 0 Å². The zero-order chi connectivity index (χ0) is 15.3. The summed E-state index contributed by atoms with van der Waals surface area (Å²) in [5.41, 5.74) is 5.16. The molecule has 0 spiro atoms. The monoisotopic (exact) mass is 280 g/mol. The number of hydrogen-bond acceptors (Lipinski definition) is 1. The number of rotatable bonds is 4. The maximum atomic E-state index is 10.9. The summed E-state index contributed by atoms with van der Waals surface area (Å²) in [5, 5.41) is 0. The van der Waals surface area contributed by atoms with Gasteiger partial charge in [0.1, 0.15) is 6.29 Å². The Morgan fingerprint density at radius 2 is 1.90 bits per heavy atom. The fourth-order valence-corrected chi connectivity index (χ4v) is 3.14. The molecule has 0 radical (unpaired) electrons. The predicted octanol–water partition coefficient (Wildman–Crippen LogP) is 5.35. The van der Waals surface area contributed by atoms with Crippen LogP contribution >= 0.6 is 0 Å². The summed E-state index contributed by atoms with van der Waals surface area (Å²) in [6, 6.07) is 10.1. The summed E-state index contributed by atoms with van der Waals surface area (Å²) in [7, 11) is 0. The molecule has 0 amide bonds. The predicted molar refractivity (Wildman–Crippen MR) is 90.0 cm³/mol. The van der Waals surface area contributed by atoms with Gasteiger partial charge in [-0.2, -0.15) is 0 Å². The first-order chi connectivity index (χ1) is 10.0. The van der Waals surface area contributed by atoms with Crippen molar-refractivity contribution in [2.45, 2.75) is 40.0 Å². The quantitative estimate of drug-likeness (QED) is 0.412. The van der Waals surface area contributed by atoms with E-state index in [1.54, 1.807) is 6.08 Å². The number of carbonyl (C=O) groups excluding carboxylic acids is 1. The third-order valence-electron chi connectivity index (χ3n) is 4.33. The molecule has 0 N–H and O–H groups in total. The van der Waals surface area contributed by atoms with Gasteiger partial charge >= 0.3 is 0 Å². The van der Waals surface area contributed by atoms with E-state index in [4.69, 9.17) is 0 Å². The molecular formula is C20H24O. The van der Waals surface area contributed by atoms with Gasteiger partial charge in [-0.15, -0.1) is 0 Å². The maximum absolute atomic E-state index is 10.9. The molecule has 21 heavy (non-hydrogen) atoms. The minimum absolute atomic E-state index is 0.224. The van der Waals surface area contributed by atoms with Gasteiger partial charge in [0.15, 0.2) is 0 Å². The van der Waals surface area contributed by atoms with Crippen LogP contribution < -0.4 is 0 Å². The molecular weight excluding hydrogens is 256 g/mol. The number of benzene rings is 1. The van der Waals surface area contributed by atoms with Gasteiger partial charge in [0, 0.05) is 0 Å². The lowest BCUT2D eigenvalue weighted by atomic mass is 9.72. The maximum Gasteiger partial charge on any atom is 0.143 e. The Bertz CT molecular complexity index is 586. The van der Waals surface area contributed by atoms with E-state index in [1.165, 1.54) is 30.4 Å². The van der Waals surface area contributed by atoms with Crippen molar-refractivity contribution in [2.24, 2.45) is 5.41 Å². The molecule has 110 valence electrons. The van der Waals surface area contributed by atoms with Crippen LogP contribution in [0.4, 0.5) is 0 Å². The molecule has 0 fully saturated rings. The van der Waals surface area contributed by atoms with Gasteiger partial charge in [-0.05, 0) is 54.4 Å². The van der Waals surface area contributed by atoms with Gasteiger partial charge in [-0.25, -0.2) is 0 Å². The first kappa shape index (κ1) is 15.5. The SMILES string of the molecule is CC1=C(C=CC(=CC=O)c2ccccc2)C(C)(C)CCC1. The van der Waals surface area contributed by atoms with E-state index in [1.807, 2.05) is 30.3 Å². The van der Waals surface area contributed by atoms with Crippen molar-refractivity contribution in [1.29, 1.82) is 0 Å². The zero-order valence-electron chi connectivity index (χ0n) is 13.2. The highest BCUT2D eigenvalue weighted by atomic mass is 16.1. The van der Waals surface area contributed by atoms with Gasteiger partial charge in [0.2, 0.25) is 0 Å². The summed E-state index contributed by atoms with van der Waals surface area (Å²) in [6.07, 6.45) is 10.5. The van der Waals surface area contributed by atoms with Crippen LogP contribution in [-0.4, -0.2) is 6.29 Å². The molecule has 1 heteroatoms. The summed E-state index contributed by atoms with van der Waals surface area (Å²) >= 11 is 0. The molecule has 2 rings (SSSR count). The third-order valence-corrected chi connectivity index (χ3v) is 4.33. The largest absolute Gasteiger partial charge is 0.299 e. The highest BCUT2D eigenvalue weighted by Crippen LogP contribution is 2.41. The Balaban J connectivity index is 2.33. The first-order valence-electron chi connectivity index (χ1n) is 7.64. The summed E-state index contributed by atoms with van der Waals surface area (Å²) < 4.78 is 0. The molecule has 0 bridgehead atoms. The fraction of sp³-hybridized carbons (Fsp3) is 0.350. The molecule has 1 aromatic carbocycles. The second-order valence-electron chi connectivity index (χ2n) is 6.39. The molecule has 0 aromatic heterocycles. The Labute approximate surface area is 128 Å². The second kappa shape index (κ2) is 6.71. The zero-order valence-corrected chi connectivity index (χ0v) is 13.2. The Morgan fingerprint density at radius 3 is 2.52 bits per heavy atom. The van der Waals surface area contributed by atoms with Crippen LogP contribution in [0.5, 0.6) is 0 Å². The molecule has 0 saturated heterocycles. The van der Waals surface area contributed by atoms with Crippen LogP contribution in [0, 0.1) is 5.41 Å². The fourth-order valence-electron chi connectivity index (χ4n) is 3.14. The van der Waals surface area contributed by atoms with Crippen molar-refractivity contribution < 1.29 is 4.79 Å². The molecule has 0 heterocycles. The summed E-state index contributed by atoms with van der Waals surface area (Å²) in [6.45, 7) is 6.84. The van der Waals surface area contributed by atoms with Crippen molar-refractivity contribution in [3.63, 3.8) is 0 Å². The second-order valence-corrected chi connectivity index (χ2v) is 6.39. The van der Waals surface area contributed by atoms with Crippen molar-refractivity contribution in [3.8, 4) is 0 Å². The van der Waals surface area contributed by atoms with Crippen LogP contribution in [0.25, 0.3) is 5.57 Å². The lowest BCUT2D eigenvalue weighted by Crippen LogP contribution is -2.19. The number of hydrogen-bond donors (Lipinski definition) is 0. The van der Waals surface area contributed by atoms with E-state index in [-0.39, 0.29) is 5.41 Å². The number of allylic oxidation sites excluding steroid dienone is 6. The van der Waals surface area contributed by atoms with Crippen molar-refractivity contribution >= 4 is 11.9 Å². The van der Waals surface area contributed by atoms with Gasteiger partial charge < -0.3 is 0 Å². The number of carbonyl (C=O) groups is 1. The normalized spacial score (nSPS) is 19.1. The molecule has 1 nitrogen and oxygen atoms in total. The van der Waals surface area contributed by atoms with Crippen LogP contribution in [-0.2, 0) is 4.79 Å². The highest BCUT2D eigenvalue weighted by molar-refractivity contribution is 5.86. The molecule has 0 atom stereocenters. The molecule has 1 aromatic rings. The summed E-state index contributed by atoms with van der Waals surface area (Å²) in [5.74, 6) is 0. The van der Waals surface area contributed by atoms with Gasteiger partial charge in [-0.1, -0.05) is 61.9 Å². The minimum atomic E-state index is 0.224. The Hall–Kier alpha value is -1.89. The topological polar surface area (TPSA) is 17.1 Å². The van der Waals surface area contributed by atoms with Gasteiger partial charge in [-0.3, -0.25) is 4.79 Å². The average molecular weight is 280 g/mol. The van der Waals surface area contributed by atoms with E-state index >= 15 is 0 Å². The van der Waals surface area contributed by atoms with Crippen molar-refractivity contribution in [2.75, 3.05) is 0 Å². The average Bonchev–Trinajstić information content (AvgIpc) is 2.46. The van der Waals surface area contributed by atoms with E-state index in [0.29, 0.717) is 0 Å². The van der Waals surface area contributed by atoms with Crippen LogP contribution in [0.3, 0.4) is 0 Å². The highest BCUT2D eigenvalue weighted by Gasteiger charge is 2.26. The lowest BCUT2D eigenvalue weighted by Gasteiger charge is -2.33. The third kappa shape index (κ3) is 3.81. The number of aldehydes is 1. The Kier molecular flexibility index (Phi) is 4.95. The van der Waals surface area contributed by atoms with Crippen LogP contribution in [0.15, 0.2) is 59.7 Å². The lowest BCUT2D eigenvalue weighted by molar-refractivity contribution is -0.104. The smallest absolute Gasteiger partial charge is 0.143 e. The van der Waals surface area contributed by atoms with E-state index in [2.05, 4.69) is 32.9 Å². The van der Waals surface area contributed by atoms with Crippen molar-refractivity contribution in [3.05, 3.63) is 65.3 Å². The van der Waals surface area contributed by atoms with E-state index in [9.17, 15) is 4.79 Å². The van der Waals surface area contributed by atoms with E-state index < -0.39 is 0 Å². The summed E-state index contributed by atoms with van der Waals surface area (Å²) in [4.78, 5) is 10.9. The molecule has 0 aliphatic heterocycles. The van der Waals surface area contributed by atoms with Crippen molar-refractivity contribution in [1.82, 2.24) is 0 Å². The first-order valence-corrected chi connectivity index (χ1v) is 7.64. The minimum Gasteiger partial charge on any atom is -0.299 e. The Morgan fingerprint density at radius 1 is 1.19 bits per heavy atom.